The molecule has 3 rings (SSSR count). The van der Waals surface area contributed by atoms with Gasteiger partial charge in [0.1, 0.15) is 11.5 Å². The summed E-state index contributed by atoms with van der Waals surface area (Å²) in [6, 6.07) is 9.81. The first kappa shape index (κ1) is 16.9. The summed E-state index contributed by atoms with van der Waals surface area (Å²) in [6.45, 7) is 0.271. The number of pyridine rings is 1. The van der Waals surface area contributed by atoms with E-state index in [1.54, 1.807) is 24.5 Å². The second kappa shape index (κ2) is 7.72. The highest BCUT2D eigenvalue weighted by molar-refractivity contribution is 5.95. The summed E-state index contributed by atoms with van der Waals surface area (Å²) in [5.74, 6) is -0.544. The molecule has 5 nitrogen and oxygen atoms in total. The molecule has 0 unspecified atom stereocenters. The number of amides is 1. The molecule has 128 valence electrons. The molecule has 0 fully saturated rings. The number of fused-ring (bicyclic) bond motifs is 1. The highest BCUT2D eigenvalue weighted by Gasteiger charge is 2.10. The lowest BCUT2D eigenvalue weighted by Crippen LogP contribution is -2.40. The molecule has 2 aromatic heterocycles. The number of carbonyl (C=O) groups is 1. The fraction of sp³-hybridized carbons (Fsp3) is 0.158. The maximum Gasteiger partial charge on any atom is 0.244 e. The van der Waals surface area contributed by atoms with Gasteiger partial charge in [-0.1, -0.05) is 12.1 Å². The minimum Gasteiger partial charge on any atom is -0.348 e. The van der Waals surface area contributed by atoms with Crippen LogP contribution in [0.25, 0.3) is 17.1 Å². The van der Waals surface area contributed by atoms with E-state index in [1.165, 1.54) is 18.2 Å². The Morgan fingerprint density at radius 1 is 1.36 bits per heavy atom. The van der Waals surface area contributed by atoms with Gasteiger partial charge in [0.25, 0.3) is 0 Å². The van der Waals surface area contributed by atoms with Crippen molar-refractivity contribution in [1.82, 2.24) is 15.3 Å². The lowest BCUT2D eigenvalue weighted by molar-refractivity contribution is -0.117. The van der Waals surface area contributed by atoms with Crippen LogP contribution < -0.4 is 11.1 Å². The molecular formula is C19H19FN4O. The molecule has 0 radical (unpaired) electrons. The van der Waals surface area contributed by atoms with Crippen molar-refractivity contribution in [3.8, 4) is 0 Å². The monoisotopic (exact) mass is 338 g/mol. The zero-order valence-corrected chi connectivity index (χ0v) is 13.6. The Bertz CT molecular complexity index is 903. The average Bonchev–Trinajstić information content (AvgIpc) is 3.02. The van der Waals surface area contributed by atoms with Gasteiger partial charge in [0, 0.05) is 42.0 Å². The maximum atomic E-state index is 13.3. The minimum atomic E-state index is -0.299. The van der Waals surface area contributed by atoms with Gasteiger partial charge in [-0.2, -0.15) is 0 Å². The molecule has 1 aromatic carbocycles. The highest BCUT2D eigenvalue weighted by Crippen LogP contribution is 2.16. The molecule has 3 aromatic rings. The van der Waals surface area contributed by atoms with E-state index in [1.807, 2.05) is 18.2 Å². The average molecular weight is 338 g/mol. The molecule has 0 bridgehead atoms. The zero-order chi connectivity index (χ0) is 17.6. The van der Waals surface area contributed by atoms with Crippen molar-refractivity contribution in [3.63, 3.8) is 0 Å². The molecular weight excluding hydrogens is 319 g/mol. The van der Waals surface area contributed by atoms with Gasteiger partial charge in [-0.3, -0.25) is 4.79 Å². The Kier molecular flexibility index (Phi) is 5.20. The third-order valence-electron chi connectivity index (χ3n) is 3.90. The number of rotatable bonds is 6. The summed E-state index contributed by atoms with van der Waals surface area (Å²) in [6.07, 6.45) is 7.17. The topological polar surface area (TPSA) is 83.8 Å². The van der Waals surface area contributed by atoms with Gasteiger partial charge in [-0.05, 0) is 42.3 Å². The molecule has 0 aliphatic carbocycles. The van der Waals surface area contributed by atoms with Gasteiger partial charge < -0.3 is 16.0 Å². The standard InChI is InChI=1S/C19H19FN4O/c20-15-4-1-3-13(9-15)10-16(11-21)24-18(25)7-6-14-12-23-19-17(14)5-2-8-22-19/h1-9,12,16H,10-11,21H2,(H,22,23)(H,24,25)/b7-6+/t16-/m0/s1. The molecule has 6 heteroatoms. The number of carbonyl (C=O) groups excluding carboxylic acids is 1. The van der Waals surface area contributed by atoms with Crippen molar-refractivity contribution in [2.75, 3.05) is 6.54 Å². The first-order chi connectivity index (χ1) is 12.2. The molecule has 0 spiro atoms. The summed E-state index contributed by atoms with van der Waals surface area (Å²) < 4.78 is 13.3. The third kappa shape index (κ3) is 4.30. The Balaban J connectivity index is 1.64. The summed E-state index contributed by atoms with van der Waals surface area (Å²) in [5.41, 5.74) is 8.17. The molecule has 0 aliphatic rings. The highest BCUT2D eigenvalue weighted by atomic mass is 19.1. The number of nitrogens with zero attached hydrogens (tertiary/aromatic N) is 1. The molecule has 4 N–H and O–H groups in total. The molecule has 0 saturated carbocycles. The van der Waals surface area contributed by atoms with Crippen LogP contribution in [-0.4, -0.2) is 28.5 Å². The second-order valence-corrected chi connectivity index (χ2v) is 5.75. The van der Waals surface area contributed by atoms with E-state index < -0.39 is 0 Å². The normalized spacial score (nSPS) is 12.6. The molecule has 1 amide bonds. The van der Waals surface area contributed by atoms with Crippen LogP contribution in [0.3, 0.4) is 0 Å². The summed E-state index contributed by atoms with van der Waals surface area (Å²) >= 11 is 0. The van der Waals surface area contributed by atoms with Gasteiger partial charge in [-0.15, -0.1) is 0 Å². The van der Waals surface area contributed by atoms with Gasteiger partial charge in [-0.25, -0.2) is 9.37 Å². The van der Waals surface area contributed by atoms with Crippen LogP contribution in [0.1, 0.15) is 11.1 Å². The van der Waals surface area contributed by atoms with E-state index in [9.17, 15) is 9.18 Å². The Morgan fingerprint density at radius 2 is 2.24 bits per heavy atom. The summed E-state index contributed by atoms with van der Waals surface area (Å²) in [5, 5.41) is 3.79. The van der Waals surface area contributed by atoms with Crippen LogP contribution in [0.4, 0.5) is 4.39 Å². The lowest BCUT2D eigenvalue weighted by Gasteiger charge is -2.15. The van der Waals surface area contributed by atoms with Crippen molar-refractivity contribution in [1.29, 1.82) is 0 Å². The number of hydrogen-bond acceptors (Lipinski definition) is 3. The second-order valence-electron chi connectivity index (χ2n) is 5.75. The predicted octanol–water partition coefficient (Wildman–Crippen LogP) is 2.40. The van der Waals surface area contributed by atoms with Crippen molar-refractivity contribution in [3.05, 3.63) is 71.8 Å². The number of H-pyrrole nitrogens is 1. The number of aromatic amines is 1. The van der Waals surface area contributed by atoms with Crippen LogP contribution >= 0.6 is 0 Å². The van der Waals surface area contributed by atoms with Crippen molar-refractivity contribution >= 4 is 23.0 Å². The zero-order valence-electron chi connectivity index (χ0n) is 13.6. The number of halogens is 1. The minimum absolute atomic E-state index is 0.245. The number of nitrogens with one attached hydrogen (secondary N) is 2. The fourth-order valence-electron chi connectivity index (χ4n) is 2.67. The van der Waals surface area contributed by atoms with Gasteiger partial charge in [0.15, 0.2) is 0 Å². The van der Waals surface area contributed by atoms with E-state index >= 15 is 0 Å². The van der Waals surface area contributed by atoms with Crippen LogP contribution in [0.2, 0.25) is 0 Å². The quantitative estimate of drug-likeness (QED) is 0.604. The molecule has 25 heavy (non-hydrogen) atoms. The van der Waals surface area contributed by atoms with E-state index in [0.717, 1.165) is 22.2 Å². The summed E-state index contributed by atoms with van der Waals surface area (Å²) in [4.78, 5) is 19.4. The number of hydrogen-bond donors (Lipinski definition) is 3. The fourth-order valence-corrected chi connectivity index (χ4v) is 2.67. The maximum absolute atomic E-state index is 13.3. The SMILES string of the molecule is NC[C@H](Cc1cccc(F)c1)NC(=O)/C=C/c1c[nH]c2ncccc12. The van der Waals surface area contributed by atoms with Crippen molar-refractivity contribution in [2.45, 2.75) is 12.5 Å². The van der Waals surface area contributed by atoms with Crippen molar-refractivity contribution in [2.24, 2.45) is 5.73 Å². The predicted molar refractivity (Wildman–Crippen MR) is 96.2 cm³/mol. The first-order valence-electron chi connectivity index (χ1n) is 8.01. The number of benzene rings is 1. The van der Waals surface area contributed by atoms with Crippen molar-refractivity contribution < 1.29 is 9.18 Å². The van der Waals surface area contributed by atoms with E-state index in [0.29, 0.717) is 6.42 Å². The Hall–Kier alpha value is -2.99. The van der Waals surface area contributed by atoms with Crippen LogP contribution in [-0.2, 0) is 11.2 Å². The lowest BCUT2D eigenvalue weighted by atomic mass is 10.1. The Labute approximate surface area is 144 Å². The van der Waals surface area contributed by atoms with Crippen LogP contribution in [0, 0.1) is 5.82 Å². The molecule has 0 saturated heterocycles. The Morgan fingerprint density at radius 3 is 3.04 bits per heavy atom. The van der Waals surface area contributed by atoms with Crippen LogP contribution in [0.5, 0.6) is 0 Å². The largest absolute Gasteiger partial charge is 0.348 e. The van der Waals surface area contributed by atoms with E-state index in [-0.39, 0.29) is 24.3 Å². The molecule has 2 heterocycles. The van der Waals surface area contributed by atoms with Gasteiger partial charge in [0.05, 0.1) is 0 Å². The third-order valence-corrected chi connectivity index (χ3v) is 3.90. The number of aromatic nitrogens is 2. The first-order valence-corrected chi connectivity index (χ1v) is 8.01. The molecule has 1 atom stereocenters. The van der Waals surface area contributed by atoms with Gasteiger partial charge in [0.2, 0.25) is 5.91 Å². The van der Waals surface area contributed by atoms with Gasteiger partial charge >= 0.3 is 0 Å². The van der Waals surface area contributed by atoms with E-state index in [4.69, 9.17) is 5.73 Å². The number of nitrogens with two attached hydrogens (primary N) is 1. The smallest absolute Gasteiger partial charge is 0.244 e. The summed E-state index contributed by atoms with van der Waals surface area (Å²) in [7, 11) is 0. The van der Waals surface area contributed by atoms with E-state index in [2.05, 4.69) is 15.3 Å². The molecule has 0 aliphatic heterocycles. The van der Waals surface area contributed by atoms with Crippen LogP contribution in [0.15, 0.2) is 54.9 Å².